The first-order valence-electron chi connectivity index (χ1n) is 8.92. The minimum Gasteiger partial charge on any atom is -0.340 e. The van der Waals surface area contributed by atoms with E-state index in [0.29, 0.717) is 19.0 Å². The van der Waals surface area contributed by atoms with Crippen LogP contribution in [0.1, 0.15) is 38.9 Å². The summed E-state index contributed by atoms with van der Waals surface area (Å²) < 4.78 is 3.93. The van der Waals surface area contributed by atoms with Crippen LogP contribution in [0.25, 0.3) is 11.0 Å². The van der Waals surface area contributed by atoms with E-state index in [1.54, 1.807) is 0 Å². The molecule has 1 aliphatic rings. The third-order valence-corrected chi connectivity index (χ3v) is 4.87. The average molecular weight is 332 g/mol. The van der Waals surface area contributed by atoms with Crippen LogP contribution in [0.5, 0.6) is 0 Å². The lowest BCUT2D eigenvalue weighted by atomic mass is 10.2. The smallest absolute Gasteiger partial charge is 0.224 e. The van der Waals surface area contributed by atoms with Crippen LogP contribution in [0.15, 0.2) is 6.20 Å². The zero-order chi connectivity index (χ0) is 17.3. The molecule has 0 atom stereocenters. The molecule has 0 spiro atoms. The van der Waals surface area contributed by atoms with Gasteiger partial charge >= 0.3 is 0 Å². The number of amides is 1. The van der Waals surface area contributed by atoms with Crippen molar-refractivity contribution in [3.8, 4) is 0 Å². The molecule has 0 unspecified atom stereocenters. The van der Waals surface area contributed by atoms with E-state index in [1.165, 1.54) is 0 Å². The second-order valence-corrected chi connectivity index (χ2v) is 6.79. The fraction of sp³-hybridized carbons (Fsp3) is 0.706. The molecule has 1 saturated heterocycles. The van der Waals surface area contributed by atoms with Crippen molar-refractivity contribution in [2.75, 3.05) is 32.7 Å². The van der Waals surface area contributed by atoms with Gasteiger partial charge in [0.1, 0.15) is 11.0 Å². The number of hydrogen-bond donors (Lipinski definition) is 0. The van der Waals surface area contributed by atoms with E-state index in [0.717, 1.165) is 49.5 Å². The number of carbonyl (C=O) groups excluding carboxylic acids is 1. The van der Waals surface area contributed by atoms with Crippen LogP contribution in [-0.2, 0) is 11.3 Å². The maximum absolute atomic E-state index is 12.5. The fourth-order valence-corrected chi connectivity index (χ4v) is 3.41. The summed E-state index contributed by atoms with van der Waals surface area (Å²) in [7, 11) is 0. The van der Waals surface area contributed by atoms with Crippen LogP contribution < -0.4 is 0 Å². The molecule has 0 radical (unpaired) electrons. The first-order valence-corrected chi connectivity index (χ1v) is 8.92. The molecule has 0 saturated carbocycles. The van der Waals surface area contributed by atoms with Gasteiger partial charge in [-0.15, -0.1) is 0 Å². The Kier molecular flexibility index (Phi) is 4.89. The zero-order valence-corrected chi connectivity index (χ0v) is 15.2. The van der Waals surface area contributed by atoms with Crippen molar-refractivity contribution in [1.82, 2.24) is 29.4 Å². The monoisotopic (exact) mass is 332 g/mol. The van der Waals surface area contributed by atoms with Crippen molar-refractivity contribution in [3.05, 3.63) is 11.9 Å². The topological polar surface area (TPSA) is 59.2 Å². The van der Waals surface area contributed by atoms with E-state index in [2.05, 4.69) is 35.9 Å². The van der Waals surface area contributed by atoms with Crippen LogP contribution in [0.3, 0.4) is 0 Å². The van der Waals surface area contributed by atoms with Gasteiger partial charge in [0.05, 0.1) is 18.4 Å². The SMILES string of the molecule is CCN1CCN(C(=O)CCn2ncc3c2c(C)nn3C(C)C)CC1. The summed E-state index contributed by atoms with van der Waals surface area (Å²) in [6.07, 6.45) is 2.36. The number of likely N-dealkylation sites (N-methyl/N-ethyl adjacent to an activating group) is 1. The van der Waals surface area contributed by atoms with Crippen molar-refractivity contribution < 1.29 is 4.79 Å². The van der Waals surface area contributed by atoms with Crippen LogP contribution in [-0.4, -0.2) is 68.0 Å². The van der Waals surface area contributed by atoms with Gasteiger partial charge in [-0.2, -0.15) is 10.2 Å². The number of rotatable bonds is 5. The first-order chi connectivity index (χ1) is 11.5. The van der Waals surface area contributed by atoms with E-state index < -0.39 is 0 Å². The summed E-state index contributed by atoms with van der Waals surface area (Å²) in [6.45, 7) is 13.7. The standard InChI is InChI=1S/C17H28N6O/c1-5-20-8-10-21(11-9-20)16(24)6-7-22-17-14(4)19-23(13(2)3)15(17)12-18-22/h12-13H,5-11H2,1-4H3. The van der Waals surface area contributed by atoms with Crippen LogP contribution >= 0.6 is 0 Å². The first kappa shape index (κ1) is 17.0. The summed E-state index contributed by atoms with van der Waals surface area (Å²) in [5.74, 6) is 0.225. The molecule has 3 heterocycles. The highest BCUT2D eigenvalue weighted by Gasteiger charge is 2.21. The van der Waals surface area contributed by atoms with Crippen molar-refractivity contribution in [3.63, 3.8) is 0 Å². The number of piperazine rings is 1. The fourth-order valence-electron chi connectivity index (χ4n) is 3.41. The van der Waals surface area contributed by atoms with Crippen LogP contribution in [0, 0.1) is 6.92 Å². The van der Waals surface area contributed by atoms with Crippen molar-refractivity contribution in [2.24, 2.45) is 0 Å². The van der Waals surface area contributed by atoms with Gasteiger partial charge in [0.15, 0.2) is 0 Å². The highest BCUT2D eigenvalue weighted by molar-refractivity contribution is 5.79. The van der Waals surface area contributed by atoms with Gasteiger partial charge in [-0.3, -0.25) is 14.2 Å². The Labute approximate surface area is 143 Å². The van der Waals surface area contributed by atoms with Gasteiger partial charge in [0.2, 0.25) is 5.91 Å². The molecule has 2 aromatic heterocycles. The normalized spacial score (nSPS) is 16.5. The molecule has 3 rings (SSSR count). The molecular weight excluding hydrogens is 304 g/mol. The number of fused-ring (bicyclic) bond motifs is 1. The highest BCUT2D eigenvalue weighted by atomic mass is 16.2. The van der Waals surface area contributed by atoms with E-state index in [1.807, 2.05) is 27.4 Å². The predicted molar refractivity (Wildman–Crippen MR) is 94.0 cm³/mol. The Balaban J connectivity index is 1.65. The molecule has 24 heavy (non-hydrogen) atoms. The van der Waals surface area contributed by atoms with Crippen LogP contribution in [0.4, 0.5) is 0 Å². The molecule has 1 amide bonds. The molecule has 1 aliphatic heterocycles. The minimum absolute atomic E-state index is 0.225. The summed E-state index contributed by atoms with van der Waals surface area (Å²) in [5.41, 5.74) is 3.07. The molecule has 0 aliphatic carbocycles. The largest absolute Gasteiger partial charge is 0.340 e. The van der Waals surface area contributed by atoms with Gasteiger partial charge in [-0.1, -0.05) is 6.92 Å². The van der Waals surface area contributed by atoms with Gasteiger partial charge in [-0.05, 0) is 27.3 Å². The molecule has 132 valence electrons. The summed E-state index contributed by atoms with van der Waals surface area (Å²) in [6, 6.07) is 0.301. The minimum atomic E-state index is 0.225. The van der Waals surface area contributed by atoms with E-state index >= 15 is 0 Å². The Morgan fingerprint density at radius 2 is 1.96 bits per heavy atom. The lowest BCUT2D eigenvalue weighted by molar-refractivity contribution is -0.133. The molecule has 1 fully saturated rings. The highest BCUT2D eigenvalue weighted by Crippen LogP contribution is 2.21. The Morgan fingerprint density at radius 3 is 2.58 bits per heavy atom. The second kappa shape index (κ2) is 6.93. The summed E-state index contributed by atoms with van der Waals surface area (Å²) in [4.78, 5) is 16.8. The number of aromatic nitrogens is 4. The predicted octanol–water partition coefficient (Wildman–Crippen LogP) is 1.68. The van der Waals surface area contributed by atoms with Gasteiger partial charge in [0.25, 0.3) is 0 Å². The molecule has 0 bridgehead atoms. The third kappa shape index (κ3) is 3.17. The number of nitrogens with zero attached hydrogens (tertiary/aromatic N) is 6. The molecule has 7 heteroatoms. The quantitative estimate of drug-likeness (QED) is 0.836. The van der Waals surface area contributed by atoms with Crippen molar-refractivity contribution in [1.29, 1.82) is 0 Å². The Hall–Kier alpha value is -1.89. The molecule has 0 N–H and O–H groups in total. The van der Waals surface area contributed by atoms with Gasteiger partial charge in [-0.25, -0.2) is 0 Å². The number of aryl methyl sites for hydroxylation is 2. The molecule has 7 nitrogen and oxygen atoms in total. The number of hydrogen-bond acceptors (Lipinski definition) is 4. The lowest BCUT2D eigenvalue weighted by Crippen LogP contribution is -2.48. The van der Waals surface area contributed by atoms with Gasteiger partial charge < -0.3 is 9.80 Å². The zero-order valence-electron chi connectivity index (χ0n) is 15.2. The second-order valence-electron chi connectivity index (χ2n) is 6.79. The van der Waals surface area contributed by atoms with Crippen molar-refractivity contribution in [2.45, 2.75) is 46.7 Å². The molecule has 2 aromatic rings. The van der Waals surface area contributed by atoms with Crippen molar-refractivity contribution >= 4 is 16.9 Å². The van der Waals surface area contributed by atoms with E-state index in [4.69, 9.17) is 0 Å². The maximum atomic E-state index is 12.5. The molecule has 0 aromatic carbocycles. The van der Waals surface area contributed by atoms with Crippen LogP contribution in [0.2, 0.25) is 0 Å². The third-order valence-electron chi connectivity index (χ3n) is 4.87. The lowest BCUT2D eigenvalue weighted by Gasteiger charge is -2.34. The van der Waals surface area contributed by atoms with E-state index in [9.17, 15) is 4.79 Å². The summed E-state index contributed by atoms with van der Waals surface area (Å²) >= 11 is 0. The number of carbonyl (C=O) groups is 1. The van der Waals surface area contributed by atoms with Gasteiger partial charge in [0, 0.05) is 38.6 Å². The summed E-state index contributed by atoms with van der Waals surface area (Å²) in [5, 5.41) is 9.08. The Bertz CT molecular complexity index is 708. The average Bonchev–Trinajstić information content (AvgIpc) is 3.14. The Morgan fingerprint density at radius 1 is 1.25 bits per heavy atom. The molecular formula is C17H28N6O. The van der Waals surface area contributed by atoms with E-state index in [-0.39, 0.29) is 5.91 Å². The maximum Gasteiger partial charge on any atom is 0.224 e.